The molecule has 0 radical (unpaired) electrons. The number of nitrogens with one attached hydrogen (secondary N) is 1. The lowest BCUT2D eigenvalue weighted by Crippen LogP contribution is -2.28. The molecule has 0 fully saturated rings. The molecule has 2 heterocycles. The Bertz CT molecular complexity index is 931. The minimum atomic E-state index is -0.553. The fourth-order valence-electron chi connectivity index (χ4n) is 3.04. The molecule has 0 unspecified atom stereocenters. The van der Waals surface area contributed by atoms with Crippen LogP contribution < -0.4 is 5.32 Å². The van der Waals surface area contributed by atoms with Crippen LogP contribution in [0.1, 0.15) is 69.1 Å². The second kappa shape index (κ2) is 9.00. The molecule has 152 valence electrons. The molecule has 3 rings (SSSR count). The number of carbonyl (C=O) groups is 4. The number of thiophene rings is 1. The number of anilines is 1. The zero-order valence-electron chi connectivity index (χ0n) is 16.3. The Morgan fingerprint density at radius 3 is 2.34 bits per heavy atom. The van der Waals surface area contributed by atoms with E-state index >= 15 is 0 Å². The Labute approximate surface area is 172 Å². The minimum Gasteiger partial charge on any atom is -0.462 e. The Morgan fingerprint density at radius 2 is 1.76 bits per heavy atom. The van der Waals surface area contributed by atoms with Gasteiger partial charge in [0, 0.05) is 11.3 Å². The van der Waals surface area contributed by atoms with Crippen LogP contribution in [-0.4, -0.2) is 35.2 Å². The maximum Gasteiger partial charge on any atom is 0.341 e. The minimum absolute atomic E-state index is 0.0221. The molecule has 1 N–H and O–H groups in total. The largest absolute Gasteiger partial charge is 0.462 e. The van der Waals surface area contributed by atoms with E-state index in [1.54, 1.807) is 37.3 Å². The van der Waals surface area contributed by atoms with Gasteiger partial charge in [-0.25, -0.2) is 4.79 Å². The molecule has 1 aromatic carbocycles. The van der Waals surface area contributed by atoms with Crippen molar-refractivity contribution in [1.82, 2.24) is 4.90 Å². The van der Waals surface area contributed by atoms with E-state index in [-0.39, 0.29) is 36.4 Å². The van der Waals surface area contributed by atoms with Gasteiger partial charge in [-0.15, -0.1) is 11.3 Å². The van der Waals surface area contributed by atoms with E-state index in [0.29, 0.717) is 27.4 Å². The number of benzene rings is 1. The Kier molecular flexibility index (Phi) is 6.43. The lowest BCUT2D eigenvalue weighted by molar-refractivity contribution is -0.116. The average Bonchev–Trinajstić information content (AvgIpc) is 3.21. The average molecular weight is 414 g/mol. The molecule has 0 bridgehead atoms. The number of amides is 3. The predicted molar refractivity (Wildman–Crippen MR) is 109 cm³/mol. The molecule has 1 aliphatic rings. The standard InChI is InChI=1S/C21H22N2O5S/c1-3-5-10-17(24)22-18-16(21(27)28-4-2)11-13(29-18)12-23-19(25)14-8-6-7-9-15(14)20(23)26/h6-9,11H,3-5,10,12H2,1-2H3,(H,22,24). The molecule has 0 saturated heterocycles. The van der Waals surface area contributed by atoms with Crippen LogP contribution in [0.25, 0.3) is 0 Å². The van der Waals surface area contributed by atoms with Gasteiger partial charge < -0.3 is 10.1 Å². The van der Waals surface area contributed by atoms with Crippen molar-refractivity contribution in [3.05, 3.63) is 51.9 Å². The molecule has 0 atom stereocenters. The number of carbonyl (C=O) groups excluding carboxylic acids is 4. The third-order valence-electron chi connectivity index (χ3n) is 4.48. The fourth-order valence-corrected chi connectivity index (χ4v) is 4.09. The summed E-state index contributed by atoms with van der Waals surface area (Å²) in [4.78, 5) is 51.4. The quantitative estimate of drug-likeness (QED) is 0.523. The van der Waals surface area contributed by atoms with Gasteiger partial charge in [-0.2, -0.15) is 0 Å². The highest BCUT2D eigenvalue weighted by molar-refractivity contribution is 7.16. The summed E-state index contributed by atoms with van der Waals surface area (Å²) in [6.45, 7) is 3.91. The van der Waals surface area contributed by atoms with E-state index in [4.69, 9.17) is 4.74 Å². The van der Waals surface area contributed by atoms with Crippen molar-refractivity contribution in [2.75, 3.05) is 11.9 Å². The first-order valence-electron chi connectivity index (χ1n) is 9.51. The van der Waals surface area contributed by atoms with Gasteiger partial charge >= 0.3 is 5.97 Å². The van der Waals surface area contributed by atoms with Crippen LogP contribution in [0.3, 0.4) is 0 Å². The maximum atomic E-state index is 12.6. The van der Waals surface area contributed by atoms with Crippen molar-refractivity contribution in [2.45, 2.75) is 39.7 Å². The second-order valence-electron chi connectivity index (χ2n) is 6.57. The van der Waals surface area contributed by atoms with E-state index in [0.717, 1.165) is 17.7 Å². The van der Waals surface area contributed by atoms with Gasteiger partial charge in [-0.05, 0) is 31.5 Å². The molecule has 0 spiro atoms. The number of nitrogens with zero attached hydrogens (tertiary/aromatic N) is 1. The molecule has 29 heavy (non-hydrogen) atoms. The number of hydrogen-bond acceptors (Lipinski definition) is 6. The normalized spacial score (nSPS) is 12.8. The van der Waals surface area contributed by atoms with Crippen LogP contribution in [0.2, 0.25) is 0 Å². The first kappa shape index (κ1) is 20.7. The zero-order valence-corrected chi connectivity index (χ0v) is 17.1. The third kappa shape index (κ3) is 4.37. The smallest absolute Gasteiger partial charge is 0.341 e. The van der Waals surface area contributed by atoms with E-state index in [9.17, 15) is 19.2 Å². The Balaban J connectivity index is 1.83. The van der Waals surface area contributed by atoms with Crippen molar-refractivity contribution < 1.29 is 23.9 Å². The summed E-state index contributed by atoms with van der Waals surface area (Å²) in [5, 5.41) is 3.13. The molecule has 3 amide bonds. The molecule has 1 aromatic heterocycles. The van der Waals surface area contributed by atoms with Crippen LogP contribution >= 0.6 is 11.3 Å². The molecular weight excluding hydrogens is 392 g/mol. The predicted octanol–water partition coefficient (Wildman–Crippen LogP) is 3.85. The molecule has 8 heteroatoms. The lowest BCUT2D eigenvalue weighted by Gasteiger charge is -2.12. The van der Waals surface area contributed by atoms with Crippen LogP contribution in [0.5, 0.6) is 0 Å². The first-order chi connectivity index (χ1) is 14.0. The number of esters is 1. The van der Waals surface area contributed by atoms with Gasteiger partial charge in [-0.3, -0.25) is 19.3 Å². The molecule has 1 aliphatic heterocycles. The fraction of sp³-hybridized carbons (Fsp3) is 0.333. The summed E-state index contributed by atoms with van der Waals surface area (Å²) in [7, 11) is 0. The van der Waals surface area contributed by atoms with Crippen LogP contribution in [-0.2, 0) is 16.1 Å². The summed E-state index contributed by atoms with van der Waals surface area (Å²) in [6, 6.07) is 8.23. The second-order valence-corrected chi connectivity index (χ2v) is 7.71. The van der Waals surface area contributed by atoms with Crippen molar-refractivity contribution in [3.63, 3.8) is 0 Å². The van der Waals surface area contributed by atoms with Gasteiger partial charge in [0.2, 0.25) is 5.91 Å². The van der Waals surface area contributed by atoms with Gasteiger partial charge in [0.25, 0.3) is 11.8 Å². The van der Waals surface area contributed by atoms with Gasteiger partial charge in [0.15, 0.2) is 0 Å². The van der Waals surface area contributed by atoms with Crippen molar-refractivity contribution >= 4 is 40.0 Å². The summed E-state index contributed by atoms with van der Waals surface area (Å²) in [6.07, 6.45) is 1.98. The number of fused-ring (bicyclic) bond motifs is 1. The highest BCUT2D eigenvalue weighted by Crippen LogP contribution is 2.32. The summed E-state index contributed by atoms with van der Waals surface area (Å²) >= 11 is 1.17. The molecule has 7 nitrogen and oxygen atoms in total. The van der Waals surface area contributed by atoms with Crippen LogP contribution in [0.15, 0.2) is 30.3 Å². The number of unbranched alkanes of at least 4 members (excludes halogenated alkanes) is 1. The number of imide groups is 1. The first-order valence-corrected chi connectivity index (χ1v) is 10.3. The van der Waals surface area contributed by atoms with Crippen LogP contribution in [0, 0.1) is 0 Å². The van der Waals surface area contributed by atoms with E-state index < -0.39 is 5.97 Å². The van der Waals surface area contributed by atoms with Crippen molar-refractivity contribution in [1.29, 1.82) is 0 Å². The topological polar surface area (TPSA) is 92.8 Å². The lowest BCUT2D eigenvalue weighted by atomic mass is 10.1. The van der Waals surface area contributed by atoms with E-state index in [2.05, 4.69) is 5.32 Å². The molecule has 0 saturated carbocycles. The van der Waals surface area contributed by atoms with Crippen molar-refractivity contribution in [2.24, 2.45) is 0 Å². The van der Waals surface area contributed by atoms with Gasteiger partial charge in [0.1, 0.15) is 5.00 Å². The summed E-state index contributed by atoms with van der Waals surface area (Å²) < 4.78 is 5.08. The highest BCUT2D eigenvalue weighted by atomic mass is 32.1. The zero-order chi connectivity index (χ0) is 21.0. The highest BCUT2D eigenvalue weighted by Gasteiger charge is 2.35. The number of rotatable bonds is 8. The Hall–Kier alpha value is -3.00. The van der Waals surface area contributed by atoms with Crippen molar-refractivity contribution in [3.8, 4) is 0 Å². The van der Waals surface area contributed by atoms with Gasteiger partial charge in [-0.1, -0.05) is 25.5 Å². The van der Waals surface area contributed by atoms with E-state index in [1.807, 2.05) is 6.92 Å². The molecule has 2 aromatic rings. The molecule has 0 aliphatic carbocycles. The SMILES string of the molecule is CCCCC(=O)Nc1sc(CN2C(=O)c3ccccc3C2=O)cc1C(=O)OCC. The summed E-state index contributed by atoms with van der Waals surface area (Å²) in [5.74, 6) is -1.48. The summed E-state index contributed by atoms with van der Waals surface area (Å²) in [5.41, 5.74) is 0.967. The monoisotopic (exact) mass is 414 g/mol. The number of hydrogen-bond donors (Lipinski definition) is 1. The van der Waals surface area contributed by atoms with E-state index in [1.165, 1.54) is 11.3 Å². The number of ether oxygens (including phenoxy) is 1. The van der Waals surface area contributed by atoms with Crippen LogP contribution in [0.4, 0.5) is 5.00 Å². The van der Waals surface area contributed by atoms with Gasteiger partial charge in [0.05, 0.1) is 29.8 Å². The third-order valence-corrected chi connectivity index (χ3v) is 5.52. The maximum absolute atomic E-state index is 12.6. The molecular formula is C21H22N2O5S. The Morgan fingerprint density at radius 1 is 1.10 bits per heavy atom.